The van der Waals surface area contributed by atoms with Gasteiger partial charge in [0.25, 0.3) is 0 Å². The van der Waals surface area contributed by atoms with Gasteiger partial charge in [-0.15, -0.1) is 0 Å². The highest BCUT2D eigenvalue weighted by molar-refractivity contribution is 9.10. The van der Waals surface area contributed by atoms with Crippen molar-refractivity contribution in [3.8, 4) is 0 Å². The van der Waals surface area contributed by atoms with E-state index in [-0.39, 0.29) is 18.0 Å². The quantitative estimate of drug-likeness (QED) is 0.663. The molecule has 0 aliphatic rings. The van der Waals surface area contributed by atoms with Gasteiger partial charge < -0.3 is 5.73 Å². The summed E-state index contributed by atoms with van der Waals surface area (Å²) >= 11 is 3.25. The number of benzene rings is 1. The Morgan fingerprint density at radius 2 is 2.00 bits per heavy atom. The lowest BCUT2D eigenvalue weighted by atomic mass is 10.1. The van der Waals surface area contributed by atoms with Gasteiger partial charge in [-0.3, -0.25) is 4.79 Å². The normalized spacial score (nSPS) is 11.8. The molecule has 0 radical (unpaired) electrons. The van der Waals surface area contributed by atoms with Crippen molar-refractivity contribution < 1.29 is 13.2 Å². The molecule has 100 valence electrons. The highest BCUT2D eigenvalue weighted by atomic mass is 79.9. The van der Waals surface area contributed by atoms with Crippen molar-refractivity contribution in [1.82, 2.24) is 0 Å². The molecular formula is C12H16BrNO3S. The number of carbonyl (C=O) groups is 1. The minimum atomic E-state index is -3.19. The predicted molar refractivity (Wildman–Crippen MR) is 76.4 cm³/mol. The fourth-order valence-corrected chi connectivity index (χ4v) is 2.71. The first-order chi connectivity index (χ1) is 8.24. The third-order valence-electron chi connectivity index (χ3n) is 2.65. The molecule has 1 rings (SSSR count). The summed E-state index contributed by atoms with van der Waals surface area (Å²) < 4.78 is 24.0. The summed E-state index contributed by atoms with van der Waals surface area (Å²) in [6, 6.07) is 4.94. The van der Waals surface area contributed by atoms with Crippen LogP contribution in [0.5, 0.6) is 0 Å². The van der Waals surface area contributed by atoms with Gasteiger partial charge >= 0.3 is 0 Å². The molecule has 4 nitrogen and oxygen atoms in total. The van der Waals surface area contributed by atoms with E-state index >= 15 is 0 Å². The zero-order valence-corrected chi connectivity index (χ0v) is 12.7. The van der Waals surface area contributed by atoms with Gasteiger partial charge in [0.2, 0.25) is 0 Å². The minimum Gasteiger partial charge on any atom is -0.398 e. The summed E-state index contributed by atoms with van der Waals surface area (Å²) in [4.78, 5) is 11.9. The summed E-state index contributed by atoms with van der Waals surface area (Å²) in [6.07, 6.45) is -0.0354. The lowest BCUT2D eigenvalue weighted by molar-refractivity contribution is 0.0989. The van der Waals surface area contributed by atoms with Crippen LogP contribution in [0.2, 0.25) is 0 Å². The average molecular weight is 334 g/mol. The van der Waals surface area contributed by atoms with Crippen LogP contribution in [0.4, 0.5) is 5.69 Å². The van der Waals surface area contributed by atoms with Crippen LogP contribution in [-0.2, 0) is 9.84 Å². The first-order valence-corrected chi connectivity index (χ1v) is 8.04. The Kier molecular flexibility index (Phi) is 4.92. The third-order valence-corrected chi connectivity index (χ3v) is 5.35. The molecule has 1 aromatic carbocycles. The van der Waals surface area contributed by atoms with E-state index in [2.05, 4.69) is 15.9 Å². The minimum absolute atomic E-state index is 0.0354. The highest BCUT2D eigenvalue weighted by Crippen LogP contribution is 2.20. The van der Waals surface area contributed by atoms with E-state index in [1.807, 2.05) is 0 Å². The molecule has 0 heterocycles. The number of nitrogen functional groups attached to an aromatic ring is 1. The fraction of sp³-hybridized carbons (Fsp3) is 0.417. The number of nitrogens with two attached hydrogens (primary N) is 1. The Labute approximate surface area is 116 Å². The smallest absolute Gasteiger partial charge is 0.165 e. The fourth-order valence-electron chi connectivity index (χ4n) is 1.39. The number of Topliss-reactive ketones (excluding diaryl/α,β-unsaturated/α-hetero) is 1. The first-order valence-electron chi connectivity index (χ1n) is 5.54. The van der Waals surface area contributed by atoms with Crippen molar-refractivity contribution in [1.29, 1.82) is 0 Å². The largest absolute Gasteiger partial charge is 0.398 e. The number of rotatable bonds is 5. The van der Waals surface area contributed by atoms with Gasteiger partial charge in [-0.1, -0.05) is 15.9 Å². The van der Waals surface area contributed by atoms with Gasteiger partial charge in [-0.25, -0.2) is 8.42 Å². The van der Waals surface area contributed by atoms with Crippen molar-refractivity contribution >= 4 is 37.2 Å². The molecule has 0 saturated carbocycles. The molecule has 0 aliphatic heterocycles. The summed E-state index contributed by atoms with van der Waals surface area (Å²) in [6.45, 7) is 3.21. The molecule has 6 heteroatoms. The van der Waals surface area contributed by atoms with Crippen LogP contribution in [0.3, 0.4) is 0 Å². The lowest BCUT2D eigenvalue weighted by Gasteiger charge is -2.08. The van der Waals surface area contributed by atoms with E-state index in [1.54, 1.807) is 32.0 Å². The van der Waals surface area contributed by atoms with Gasteiger partial charge in [-0.2, -0.15) is 0 Å². The molecular weight excluding hydrogens is 318 g/mol. The predicted octanol–water partition coefficient (Wildman–Crippen LogP) is 2.43. The van der Waals surface area contributed by atoms with Crippen molar-refractivity contribution in [3.63, 3.8) is 0 Å². The van der Waals surface area contributed by atoms with Crippen LogP contribution >= 0.6 is 15.9 Å². The summed E-state index contributed by atoms with van der Waals surface area (Å²) in [7, 11) is -3.19. The summed E-state index contributed by atoms with van der Waals surface area (Å²) in [5.74, 6) is -0.386. The van der Waals surface area contributed by atoms with Crippen LogP contribution < -0.4 is 5.73 Å². The molecule has 2 N–H and O–H groups in total. The number of hydrogen-bond acceptors (Lipinski definition) is 4. The molecule has 0 bridgehead atoms. The Morgan fingerprint density at radius 1 is 1.39 bits per heavy atom. The van der Waals surface area contributed by atoms with Gasteiger partial charge in [0.15, 0.2) is 15.6 Å². The number of carbonyl (C=O) groups excluding carboxylic acids is 1. The second-order valence-corrected chi connectivity index (χ2v) is 7.91. The van der Waals surface area contributed by atoms with Crippen molar-refractivity contribution in [2.75, 3.05) is 11.5 Å². The average Bonchev–Trinajstić information content (AvgIpc) is 2.25. The van der Waals surface area contributed by atoms with E-state index in [1.165, 1.54) is 0 Å². The van der Waals surface area contributed by atoms with Crippen LogP contribution in [0.25, 0.3) is 0 Å². The summed E-state index contributed by atoms with van der Waals surface area (Å²) in [5.41, 5.74) is 6.45. The monoisotopic (exact) mass is 333 g/mol. The van der Waals surface area contributed by atoms with Gasteiger partial charge in [-0.05, 0) is 32.0 Å². The number of hydrogen-bond donors (Lipinski definition) is 1. The molecule has 0 atom stereocenters. The Bertz CT molecular complexity index is 552. The van der Waals surface area contributed by atoms with Gasteiger partial charge in [0, 0.05) is 22.1 Å². The summed E-state index contributed by atoms with van der Waals surface area (Å²) in [5, 5.41) is -0.465. The molecule has 0 spiro atoms. The molecule has 0 unspecified atom stereocenters. The first kappa shape index (κ1) is 15.2. The van der Waals surface area contributed by atoms with Crippen LogP contribution in [0, 0.1) is 0 Å². The zero-order chi connectivity index (χ0) is 13.9. The Morgan fingerprint density at radius 3 is 2.50 bits per heavy atom. The van der Waals surface area contributed by atoms with E-state index in [4.69, 9.17) is 5.73 Å². The van der Waals surface area contributed by atoms with Crippen molar-refractivity contribution in [2.45, 2.75) is 25.5 Å². The van der Waals surface area contributed by atoms with Crippen LogP contribution in [0.15, 0.2) is 22.7 Å². The highest BCUT2D eigenvalue weighted by Gasteiger charge is 2.19. The maximum Gasteiger partial charge on any atom is 0.165 e. The third kappa shape index (κ3) is 3.81. The van der Waals surface area contributed by atoms with Crippen LogP contribution in [0.1, 0.15) is 30.6 Å². The van der Waals surface area contributed by atoms with Gasteiger partial charge in [0.1, 0.15) is 0 Å². The van der Waals surface area contributed by atoms with Crippen molar-refractivity contribution in [3.05, 3.63) is 28.2 Å². The molecule has 0 amide bonds. The van der Waals surface area contributed by atoms with E-state index < -0.39 is 15.1 Å². The number of anilines is 1. The number of sulfone groups is 1. The van der Waals surface area contributed by atoms with E-state index in [0.717, 1.165) is 4.47 Å². The topological polar surface area (TPSA) is 77.2 Å². The Hall–Kier alpha value is -0.880. The van der Waals surface area contributed by atoms with E-state index in [0.29, 0.717) is 11.3 Å². The molecule has 0 aliphatic carbocycles. The zero-order valence-electron chi connectivity index (χ0n) is 10.3. The standard InChI is InChI=1S/C12H16BrNO3S/c1-8(2)18(16,17)6-5-12(15)10-4-3-9(13)7-11(10)14/h3-4,7-8H,5-6,14H2,1-2H3. The second kappa shape index (κ2) is 5.84. The maximum atomic E-state index is 11.9. The van der Waals surface area contributed by atoms with Crippen LogP contribution in [-0.4, -0.2) is 25.2 Å². The molecule has 1 aromatic rings. The molecule has 0 fully saturated rings. The van der Waals surface area contributed by atoms with Gasteiger partial charge in [0.05, 0.1) is 11.0 Å². The lowest BCUT2D eigenvalue weighted by Crippen LogP contribution is -2.20. The van der Waals surface area contributed by atoms with E-state index in [9.17, 15) is 13.2 Å². The molecule has 0 aromatic heterocycles. The number of ketones is 1. The SMILES string of the molecule is CC(C)S(=O)(=O)CCC(=O)c1ccc(Br)cc1N. The Balaban J connectivity index is 2.78. The maximum absolute atomic E-state index is 11.9. The second-order valence-electron chi connectivity index (χ2n) is 4.32. The number of halogens is 1. The molecule has 18 heavy (non-hydrogen) atoms. The van der Waals surface area contributed by atoms with Crippen molar-refractivity contribution in [2.24, 2.45) is 0 Å². The molecule has 0 saturated heterocycles.